The van der Waals surface area contributed by atoms with Crippen molar-refractivity contribution in [2.45, 2.75) is 13.0 Å². The van der Waals surface area contributed by atoms with Crippen LogP contribution in [-0.4, -0.2) is 33.8 Å². The molecule has 9 heteroatoms. The minimum atomic E-state index is -1.32. The highest BCUT2D eigenvalue weighted by molar-refractivity contribution is 7.80. The number of amides is 1. The third kappa shape index (κ3) is 3.08. The molecule has 0 aliphatic carbocycles. The molecule has 0 spiro atoms. The number of thiocarbonyl (C=S) groups is 1. The molecule has 0 aromatic heterocycles. The van der Waals surface area contributed by atoms with Crippen LogP contribution in [0, 0.1) is 0 Å². The number of carboxylic acids is 1. The summed E-state index contributed by atoms with van der Waals surface area (Å²) in [6.45, 7) is 1.59. The topological polar surface area (TPSA) is 124 Å². The van der Waals surface area contributed by atoms with Gasteiger partial charge in [0.25, 0.3) is 5.91 Å². The van der Waals surface area contributed by atoms with Gasteiger partial charge in [-0.05, 0) is 36.8 Å². The summed E-state index contributed by atoms with van der Waals surface area (Å²) < 4.78 is 0. The summed E-state index contributed by atoms with van der Waals surface area (Å²) in [6, 6.07) is 4.79. The second kappa shape index (κ2) is 5.75. The number of carboxylic acid groups (broad SMARTS) is 1. The average Bonchev–Trinajstić information content (AvgIpc) is 2.72. The Morgan fingerprint density at radius 3 is 2.81 bits per heavy atom. The smallest absolute Gasteiger partial charge is 0.282 e. The molecule has 1 aliphatic rings. The number of azo groups is 1. The minimum Gasteiger partial charge on any atom is -0.545 e. The first-order chi connectivity index (χ1) is 9.90. The number of benzene rings is 1. The van der Waals surface area contributed by atoms with E-state index in [1.807, 2.05) is 0 Å². The van der Waals surface area contributed by atoms with Crippen LogP contribution in [0.3, 0.4) is 0 Å². The number of hydrogen-bond acceptors (Lipinski definition) is 7. The van der Waals surface area contributed by atoms with Gasteiger partial charge in [-0.2, -0.15) is 20.3 Å². The van der Waals surface area contributed by atoms with E-state index in [1.165, 1.54) is 18.2 Å². The molecule has 0 saturated carbocycles. The average molecular weight is 304 g/mol. The van der Waals surface area contributed by atoms with Gasteiger partial charge < -0.3 is 15.6 Å². The zero-order chi connectivity index (χ0) is 15.6. The van der Waals surface area contributed by atoms with Gasteiger partial charge in [0.05, 0.1) is 17.4 Å². The largest absolute Gasteiger partial charge is 0.545 e. The molecular weight excluding hydrogens is 294 g/mol. The van der Waals surface area contributed by atoms with Crippen LogP contribution < -0.4 is 10.8 Å². The number of rotatable bonds is 3. The lowest BCUT2D eigenvalue weighted by molar-refractivity contribution is -0.255. The molecule has 0 unspecified atom stereocenters. The first-order valence-electron chi connectivity index (χ1n) is 5.81. The lowest BCUT2D eigenvalue weighted by atomic mass is 10.2. The van der Waals surface area contributed by atoms with E-state index >= 15 is 0 Å². The molecule has 1 aliphatic heterocycles. The van der Waals surface area contributed by atoms with Crippen molar-refractivity contribution >= 4 is 40.6 Å². The molecule has 21 heavy (non-hydrogen) atoms. The number of aromatic carboxylic acids is 1. The van der Waals surface area contributed by atoms with Crippen molar-refractivity contribution in [2.24, 2.45) is 21.1 Å². The third-order valence-corrected chi connectivity index (χ3v) is 2.85. The molecule has 2 rings (SSSR count). The van der Waals surface area contributed by atoms with Crippen LogP contribution in [0.4, 0.5) is 5.69 Å². The number of carbonyl (C=O) groups excluding carboxylic acids is 2. The Morgan fingerprint density at radius 2 is 2.24 bits per heavy atom. The summed E-state index contributed by atoms with van der Waals surface area (Å²) in [7, 11) is 0. The summed E-state index contributed by atoms with van der Waals surface area (Å²) in [4.78, 5) is 22.7. The number of nitrogens with zero attached hydrogens (tertiary/aromatic N) is 4. The van der Waals surface area contributed by atoms with Gasteiger partial charge in [-0.1, -0.05) is 12.1 Å². The van der Waals surface area contributed by atoms with Crippen LogP contribution in [0.15, 0.2) is 39.6 Å². The van der Waals surface area contributed by atoms with Crippen LogP contribution in [0.25, 0.3) is 0 Å². The molecule has 1 aromatic rings. The molecule has 1 heterocycles. The number of nitrogens with two attached hydrogens (primary N) is 1. The van der Waals surface area contributed by atoms with Crippen molar-refractivity contribution in [3.8, 4) is 0 Å². The van der Waals surface area contributed by atoms with Gasteiger partial charge in [0, 0.05) is 0 Å². The first-order valence-corrected chi connectivity index (χ1v) is 6.21. The van der Waals surface area contributed by atoms with E-state index in [-0.39, 0.29) is 16.4 Å². The molecule has 2 N–H and O–H groups in total. The fourth-order valence-corrected chi connectivity index (χ4v) is 1.80. The van der Waals surface area contributed by atoms with Crippen LogP contribution in [0.2, 0.25) is 0 Å². The minimum absolute atomic E-state index is 0.0284. The van der Waals surface area contributed by atoms with Crippen LogP contribution >= 0.6 is 12.2 Å². The Labute approximate surface area is 125 Å². The van der Waals surface area contributed by atoms with E-state index in [0.717, 1.165) is 5.01 Å². The lowest BCUT2D eigenvalue weighted by Gasteiger charge is -2.08. The van der Waals surface area contributed by atoms with Crippen molar-refractivity contribution in [3.63, 3.8) is 0 Å². The van der Waals surface area contributed by atoms with E-state index in [0.29, 0.717) is 5.71 Å². The highest BCUT2D eigenvalue weighted by Gasteiger charge is 2.35. The number of hydrazone groups is 1. The molecule has 1 amide bonds. The highest BCUT2D eigenvalue weighted by atomic mass is 32.1. The monoisotopic (exact) mass is 304 g/mol. The maximum Gasteiger partial charge on any atom is 0.282 e. The molecule has 108 valence electrons. The van der Waals surface area contributed by atoms with E-state index < -0.39 is 17.9 Å². The van der Waals surface area contributed by atoms with Gasteiger partial charge in [-0.25, -0.2) is 0 Å². The Bertz CT molecular complexity index is 685. The predicted molar refractivity (Wildman–Crippen MR) is 75.8 cm³/mol. The Balaban J connectivity index is 2.20. The molecule has 1 atom stereocenters. The summed E-state index contributed by atoms with van der Waals surface area (Å²) in [5.41, 5.74) is 6.01. The van der Waals surface area contributed by atoms with Crippen molar-refractivity contribution in [1.82, 2.24) is 5.01 Å². The van der Waals surface area contributed by atoms with E-state index in [9.17, 15) is 14.7 Å². The normalized spacial score (nSPS) is 18.1. The number of carbonyl (C=O) groups is 2. The van der Waals surface area contributed by atoms with Gasteiger partial charge in [0.2, 0.25) is 0 Å². The van der Waals surface area contributed by atoms with Gasteiger partial charge >= 0.3 is 0 Å². The van der Waals surface area contributed by atoms with Crippen LogP contribution in [0.5, 0.6) is 0 Å². The Kier molecular flexibility index (Phi) is 4.03. The maximum absolute atomic E-state index is 11.9. The standard InChI is InChI=1S/C12H11N5O3S/c1-6-9(10(18)17(16-6)12(13)21)15-14-8-4-2-3-7(5-8)11(19)20/h2-5,9H,1H3,(H2,13,21)(H,19,20)/p-1/t9-/m0/s1. The van der Waals surface area contributed by atoms with Gasteiger partial charge in [-0.3, -0.25) is 4.79 Å². The molecule has 1 aromatic carbocycles. The quantitative estimate of drug-likeness (QED) is 0.620. The number of hydrogen-bond donors (Lipinski definition) is 1. The second-order valence-electron chi connectivity index (χ2n) is 4.19. The molecule has 8 nitrogen and oxygen atoms in total. The molecule has 0 bridgehead atoms. The Hall–Kier alpha value is -2.68. The summed E-state index contributed by atoms with van der Waals surface area (Å²) in [5, 5.41) is 23.0. The fourth-order valence-electron chi connectivity index (χ4n) is 1.67. The maximum atomic E-state index is 11.9. The van der Waals surface area contributed by atoms with Gasteiger partial charge in [0.15, 0.2) is 11.2 Å². The fraction of sp³-hybridized carbons (Fsp3) is 0.167. The summed E-state index contributed by atoms with van der Waals surface area (Å²) >= 11 is 4.69. The van der Waals surface area contributed by atoms with Crippen molar-refractivity contribution in [2.75, 3.05) is 0 Å². The van der Waals surface area contributed by atoms with Crippen LogP contribution in [-0.2, 0) is 4.79 Å². The zero-order valence-corrected chi connectivity index (χ0v) is 11.7. The van der Waals surface area contributed by atoms with Crippen LogP contribution in [0.1, 0.15) is 17.3 Å². The van der Waals surface area contributed by atoms with E-state index in [2.05, 4.69) is 15.3 Å². The molecular formula is C12H10N5O3S-. The summed E-state index contributed by atoms with van der Waals surface area (Å²) in [5.74, 6) is -1.82. The lowest BCUT2D eigenvalue weighted by Crippen LogP contribution is -2.37. The van der Waals surface area contributed by atoms with Crippen molar-refractivity contribution in [3.05, 3.63) is 29.8 Å². The molecule has 0 fully saturated rings. The SMILES string of the molecule is CC1=NN(C(N)=S)C(=O)[C@H]1N=Nc1cccc(C(=O)[O-])c1. The predicted octanol–water partition coefficient (Wildman–Crippen LogP) is -0.0359. The molecule has 0 radical (unpaired) electrons. The van der Waals surface area contributed by atoms with Crippen molar-refractivity contribution < 1.29 is 14.7 Å². The van der Waals surface area contributed by atoms with Gasteiger partial charge in [-0.15, -0.1) is 0 Å². The highest BCUT2D eigenvalue weighted by Crippen LogP contribution is 2.18. The third-order valence-electron chi connectivity index (χ3n) is 2.68. The second-order valence-corrected chi connectivity index (χ2v) is 4.60. The summed E-state index contributed by atoms with van der Waals surface area (Å²) in [6.07, 6.45) is 0. The Morgan fingerprint density at radius 1 is 1.52 bits per heavy atom. The van der Waals surface area contributed by atoms with E-state index in [4.69, 9.17) is 18.0 Å². The molecule has 0 saturated heterocycles. The first kappa shape index (κ1) is 14.7. The zero-order valence-electron chi connectivity index (χ0n) is 10.9. The van der Waals surface area contributed by atoms with Gasteiger partial charge in [0.1, 0.15) is 0 Å². The van der Waals surface area contributed by atoms with E-state index in [1.54, 1.807) is 13.0 Å². The van der Waals surface area contributed by atoms with Crippen molar-refractivity contribution in [1.29, 1.82) is 0 Å².